The minimum atomic E-state index is -0.870. The highest BCUT2D eigenvalue weighted by molar-refractivity contribution is 5.81. The van der Waals surface area contributed by atoms with Gasteiger partial charge in [0, 0.05) is 6.54 Å². The van der Waals surface area contributed by atoms with Crippen LogP contribution in [0.2, 0.25) is 0 Å². The lowest BCUT2D eigenvalue weighted by molar-refractivity contribution is -0.143. The number of carboxylic acids is 1. The Balaban J connectivity index is 1.75. The molecule has 1 aliphatic rings. The van der Waals surface area contributed by atoms with Crippen molar-refractivity contribution in [1.29, 1.82) is 5.26 Å². The highest BCUT2D eigenvalue weighted by Crippen LogP contribution is 2.45. The molecule has 1 amide bonds. The Kier molecular flexibility index (Phi) is 3.89. The van der Waals surface area contributed by atoms with Crippen molar-refractivity contribution in [2.75, 3.05) is 13.2 Å². The van der Waals surface area contributed by atoms with E-state index in [4.69, 9.17) is 15.1 Å². The Hall–Kier alpha value is -2.55. The molecule has 0 bridgehead atoms. The third-order valence-electron chi connectivity index (χ3n) is 3.28. The molecule has 6 nitrogen and oxygen atoms in total. The lowest BCUT2D eigenvalue weighted by Gasteiger charge is -2.11. The molecule has 0 radical (unpaired) electrons. The largest absolute Gasteiger partial charge is 0.484 e. The summed E-state index contributed by atoms with van der Waals surface area (Å²) in [5, 5.41) is 20.2. The summed E-state index contributed by atoms with van der Waals surface area (Å²) >= 11 is 0. The highest BCUT2D eigenvalue weighted by Gasteiger charge is 2.50. The van der Waals surface area contributed by atoms with Gasteiger partial charge < -0.3 is 15.2 Å². The summed E-state index contributed by atoms with van der Waals surface area (Å²) in [4.78, 5) is 22.5. The number of benzene rings is 1. The van der Waals surface area contributed by atoms with Gasteiger partial charge in [0.15, 0.2) is 6.61 Å². The summed E-state index contributed by atoms with van der Waals surface area (Å²) < 4.78 is 5.24. The third-order valence-corrected chi connectivity index (χ3v) is 3.28. The lowest BCUT2D eigenvalue weighted by atomic mass is 10.1. The Morgan fingerprint density at radius 2 is 2.00 bits per heavy atom. The van der Waals surface area contributed by atoms with E-state index in [2.05, 4.69) is 5.32 Å². The van der Waals surface area contributed by atoms with Crippen molar-refractivity contribution < 1.29 is 19.4 Å². The maximum Gasteiger partial charge on any atom is 0.311 e. The van der Waals surface area contributed by atoms with Crippen LogP contribution >= 0.6 is 0 Å². The maximum absolute atomic E-state index is 11.6. The molecule has 1 aliphatic carbocycles. The van der Waals surface area contributed by atoms with Crippen LogP contribution in [0.1, 0.15) is 18.4 Å². The number of carbonyl (C=O) groups excluding carboxylic acids is 1. The number of nitrogens with one attached hydrogen (secondary N) is 1. The van der Waals surface area contributed by atoms with Crippen LogP contribution in [0.15, 0.2) is 24.3 Å². The molecule has 1 aromatic rings. The van der Waals surface area contributed by atoms with Crippen LogP contribution in [-0.2, 0) is 9.59 Å². The lowest BCUT2D eigenvalue weighted by Crippen LogP contribution is -2.36. The summed E-state index contributed by atoms with van der Waals surface area (Å²) in [7, 11) is 0. The minimum Gasteiger partial charge on any atom is -0.484 e. The van der Waals surface area contributed by atoms with Gasteiger partial charge in [-0.3, -0.25) is 9.59 Å². The van der Waals surface area contributed by atoms with Gasteiger partial charge in [0.25, 0.3) is 5.91 Å². The second kappa shape index (κ2) is 5.61. The molecule has 0 unspecified atom stereocenters. The number of aliphatic carboxylic acids is 1. The molecule has 1 aromatic carbocycles. The van der Waals surface area contributed by atoms with Crippen molar-refractivity contribution in [3.63, 3.8) is 0 Å². The molecule has 0 aromatic heterocycles. The number of hydrogen-bond acceptors (Lipinski definition) is 4. The van der Waals surface area contributed by atoms with E-state index in [1.165, 1.54) is 0 Å². The Bertz CT molecular complexity index is 556. The topological polar surface area (TPSA) is 99.4 Å². The fourth-order valence-corrected chi connectivity index (χ4v) is 1.71. The molecule has 6 heteroatoms. The number of rotatable bonds is 6. The molecule has 0 spiro atoms. The smallest absolute Gasteiger partial charge is 0.311 e. The van der Waals surface area contributed by atoms with Crippen molar-refractivity contribution in [3.8, 4) is 11.8 Å². The average Bonchev–Trinajstić information content (AvgIpc) is 3.25. The number of nitrogens with zero attached hydrogens (tertiary/aromatic N) is 1. The zero-order valence-electron chi connectivity index (χ0n) is 10.8. The van der Waals surface area contributed by atoms with Gasteiger partial charge in [-0.2, -0.15) is 5.26 Å². The SMILES string of the molecule is N#Cc1ccc(OCC(=O)NCC2(C(=O)O)CC2)cc1. The summed E-state index contributed by atoms with van der Waals surface area (Å²) in [5.41, 5.74) is -0.261. The van der Waals surface area contributed by atoms with Gasteiger partial charge in [0.05, 0.1) is 17.0 Å². The van der Waals surface area contributed by atoms with Crippen molar-refractivity contribution >= 4 is 11.9 Å². The van der Waals surface area contributed by atoms with E-state index in [9.17, 15) is 9.59 Å². The average molecular weight is 274 g/mol. The second-order valence-corrected chi connectivity index (χ2v) is 4.79. The summed E-state index contributed by atoms with van der Waals surface area (Å²) in [5.74, 6) is -0.744. The summed E-state index contributed by atoms with van der Waals surface area (Å²) in [6.07, 6.45) is 1.19. The van der Waals surface area contributed by atoms with Crippen LogP contribution in [-0.4, -0.2) is 30.1 Å². The Morgan fingerprint density at radius 1 is 1.35 bits per heavy atom. The molecular weight excluding hydrogens is 260 g/mol. The second-order valence-electron chi connectivity index (χ2n) is 4.79. The van der Waals surface area contributed by atoms with Gasteiger partial charge in [-0.25, -0.2) is 0 Å². The minimum absolute atomic E-state index is 0.137. The Labute approximate surface area is 116 Å². The molecule has 0 aliphatic heterocycles. The van der Waals surface area contributed by atoms with Crippen molar-refractivity contribution in [2.24, 2.45) is 5.41 Å². The summed E-state index contributed by atoms with van der Waals surface area (Å²) in [6.45, 7) is -0.0422. The number of carbonyl (C=O) groups is 2. The predicted molar refractivity (Wildman–Crippen MR) is 69.0 cm³/mol. The van der Waals surface area contributed by atoms with E-state index in [1.54, 1.807) is 24.3 Å². The fourth-order valence-electron chi connectivity index (χ4n) is 1.71. The van der Waals surface area contributed by atoms with Crippen LogP contribution in [0, 0.1) is 16.7 Å². The number of carboxylic acid groups (broad SMARTS) is 1. The van der Waals surface area contributed by atoms with Crippen LogP contribution in [0.5, 0.6) is 5.75 Å². The van der Waals surface area contributed by atoms with E-state index in [1.807, 2.05) is 6.07 Å². The van der Waals surface area contributed by atoms with E-state index >= 15 is 0 Å². The first-order valence-electron chi connectivity index (χ1n) is 6.19. The zero-order valence-corrected chi connectivity index (χ0v) is 10.8. The first kappa shape index (κ1) is 13.9. The van der Waals surface area contributed by atoms with Gasteiger partial charge in [-0.1, -0.05) is 0 Å². The van der Waals surface area contributed by atoms with Gasteiger partial charge in [0.1, 0.15) is 5.75 Å². The van der Waals surface area contributed by atoms with Crippen LogP contribution < -0.4 is 10.1 Å². The van der Waals surface area contributed by atoms with E-state index in [-0.39, 0.29) is 19.1 Å². The van der Waals surface area contributed by atoms with Crippen LogP contribution in [0.25, 0.3) is 0 Å². The monoisotopic (exact) mass is 274 g/mol. The molecule has 2 rings (SSSR count). The number of nitriles is 1. The summed E-state index contributed by atoms with van der Waals surface area (Å²) in [6, 6.07) is 8.38. The van der Waals surface area contributed by atoms with Crippen molar-refractivity contribution in [1.82, 2.24) is 5.32 Å². The molecule has 1 fully saturated rings. The zero-order chi connectivity index (χ0) is 14.6. The number of hydrogen-bond donors (Lipinski definition) is 2. The first-order chi connectivity index (χ1) is 9.55. The molecule has 0 saturated heterocycles. The third kappa shape index (κ3) is 3.26. The molecular formula is C14H14N2O4. The molecule has 0 heterocycles. The van der Waals surface area contributed by atoms with Gasteiger partial charge >= 0.3 is 5.97 Å². The predicted octanol–water partition coefficient (Wildman–Crippen LogP) is 0.918. The number of ether oxygens (including phenoxy) is 1. The van der Waals surface area contributed by atoms with Gasteiger partial charge in [-0.05, 0) is 37.1 Å². The van der Waals surface area contributed by atoms with Gasteiger partial charge in [-0.15, -0.1) is 0 Å². The van der Waals surface area contributed by atoms with Crippen molar-refractivity contribution in [3.05, 3.63) is 29.8 Å². The van der Waals surface area contributed by atoms with E-state index < -0.39 is 11.4 Å². The molecule has 20 heavy (non-hydrogen) atoms. The molecule has 2 N–H and O–H groups in total. The van der Waals surface area contributed by atoms with E-state index in [0.717, 1.165) is 0 Å². The van der Waals surface area contributed by atoms with Crippen molar-refractivity contribution in [2.45, 2.75) is 12.8 Å². The normalized spacial score (nSPS) is 14.9. The highest BCUT2D eigenvalue weighted by atomic mass is 16.5. The number of amides is 1. The molecule has 1 saturated carbocycles. The van der Waals surface area contributed by atoms with E-state index in [0.29, 0.717) is 24.2 Å². The maximum atomic E-state index is 11.6. The molecule has 0 atom stereocenters. The standard InChI is InChI=1S/C14H14N2O4/c15-7-10-1-3-11(4-2-10)20-8-12(17)16-9-14(5-6-14)13(18)19/h1-4H,5-6,8-9H2,(H,16,17)(H,18,19). The molecule has 104 valence electrons. The quantitative estimate of drug-likeness (QED) is 0.803. The first-order valence-corrected chi connectivity index (χ1v) is 6.19. The van der Waals surface area contributed by atoms with Gasteiger partial charge in [0.2, 0.25) is 0 Å². The van der Waals surface area contributed by atoms with Crippen LogP contribution in [0.3, 0.4) is 0 Å². The Morgan fingerprint density at radius 3 is 2.50 bits per heavy atom. The van der Waals surface area contributed by atoms with Crippen LogP contribution in [0.4, 0.5) is 0 Å². The fraction of sp³-hybridized carbons (Fsp3) is 0.357.